The molecule has 3 aliphatic carbocycles. The van der Waals surface area contributed by atoms with Gasteiger partial charge < -0.3 is 4.74 Å². The average molecular weight is 721 g/mol. The van der Waals surface area contributed by atoms with Crippen LogP contribution in [-0.4, -0.2) is 59.3 Å². The molecule has 5 nitrogen and oxygen atoms in total. The van der Waals surface area contributed by atoms with Gasteiger partial charge in [-0.2, -0.15) is 11.8 Å². The number of amides is 1. The summed E-state index contributed by atoms with van der Waals surface area (Å²) < 4.78 is 45.1. The van der Waals surface area contributed by atoms with E-state index in [2.05, 4.69) is 74.4 Å². The second kappa shape index (κ2) is 14.8. The van der Waals surface area contributed by atoms with E-state index in [1.165, 1.54) is 11.1 Å². The molecule has 0 spiro atoms. The zero-order valence-corrected chi connectivity index (χ0v) is 32.2. The number of ketones is 1. The van der Waals surface area contributed by atoms with Crippen LogP contribution in [0.25, 0.3) is 0 Å². The first-order valence-electron chi connectivity index (χ1n) is 18.6. The van der Waals surface area contributed by atoms with E-state index in [0.717, 1.165) is 61.8 Å². The zero-order valence-electron chi connectivity index (χ0n) is 31.4. The molecule has 4 aliphatic rings. The lowest BCUT2D eigenvalue weighted by molar-refractivity contribution is -0.129. The molecule has 274 valence electrons. The number of carbonyl (C=O) groups excluding carboxylic acids is 2. The Labute approximate surface area is 309 Å². The van der Waals surface area contributed by atoms with E-state index in [1.807, 2.05) is 19.1 Å². The number of benzene rings is 1. The van der Waals surface area contributed by atoms with Gasteiger partial charge in [-0.05, 0) is 115 Å². The Kier molecular flexibility index (Phi) is 11.5. The molecule has 11 heteroatoms. The summed E-state index contributed by atoms with van der Waals surface area (Å²) in [6.07, 6.45) is 8.08. The zero-order chi connectivity index (χ0) is 37.6. The number of pyridine rings is 1. The van der Waals surface area contributed by atoms with Crippen molar-refractivity contribution in [2.24, 2.45) is 22.7 Å². The summed E-state index contributed by atoms with van der Waals surface area (Å²) in [6.45, 7) is 15.9. The number of fused-ring (bicyclic) bond motifs is 6. The maximum absolute atomic E-state index is 13.2. The van der Waals surface area contributed by atoms with Crippen LogP contribution in [0.3, 0.4) is 0 Å². The van der Waals surface area contributed by atoms with Crippen molar-refractivity contribution in [2.45, 2.75) is 141 Å². The van der Waals surface area contributed by atoms with E-state index >= 15 is 0 Å². The molecule has 4 atom stereocenters. The molecule has 51 heavy (non-hydrogen) atoms. The maximum Gasteiger partial charge on any atom is 0.415 e. The number of carbonyl (C=O) groups is 2. The molecule has 2 fully saturated rings. The third kappa shape index (κ3) is 8.08. The quantitative estimate of drug-likeness (QED) is 0.191. The highest BCUT2D eigenvalue weighted by atomic mass is 32.2. The van der Waals surface area contributed by atoms with Crippen LogP contribution in [-0.2, 0) is 24.3 Å². The number of Topliss-reactive ketones (excluding diaryl/α,β-unsaturated/α-hetero) is 1. The molecule has 0 N–H and O–H groups in total. The summed E-state index contributed by atoms with van der Waals surface area (Å²) in [5.74, 6) is -0.316. The third-order valence-corrected chi connectivity index (χ3v) is 14.8. The van der Waals surface area contributed by atoms with Gasteiger partial charge in [-0.1, -0.05) is 53.7 Å². The van der Waals surface area contributed by atoms with E-state index in [4.69, 9.17) is 4.74 Å². The first-order chi connectivity index (χ1) is 23.7. The van der Waals surface area contributed by atoms with Gasteiger partial charge in [0, 0.05) is 29.2 Å². The number of nitrogens with zero attached hydrogens (tertiary/aromatic N) is 2. The summed E-state index contributed by atoms with van der Waals surface area (Å²) in [6, 6.07) is 8.29. The number of hydrogen-bond acceptors (Lipinski definition) is 5. The van der Waals surface area contributed by atoms with Gasteiger partial charge in [-0.25, -0.2) is 13.6 Å². The van der Waals surface area contributed by atoms with Crippen LogP contribution in [0.4, 0.5) is 18.0 Å². The van der Waals surface area contributed by atoms with Crippen LogP contribution in [0.15, 0.2) is 30.5 Å². The smallest absolute Gasteiger partial charge is 0.410 e. The average Bonchev–Trinajstić information content (AvgIpc) is 3.64. The highest BCUT2D eigenvalue weighted by Crippen LogP contribution is 2.59. The number of rotatable bonds is 9. The lowest BCUT2D eigenvalue weighted by Crippen LogP contribution is -2.45. The lowest BCUT2D eigenvalue weighted by Gasteiger charge is -2.48. The van der Waals surface area contributed by atoms with Crippen LogP contribution in [0.1, 0.15) is 127 Å². The minimum absolute atomic E-state index is 0.0325. The normalized spacial score (nSPS) is 24.5. The van der Waals surface area contributed by atoms with Crippen molar-refractivity contribution < 1.29 is 27.5 Å². The van der Waals surface area contributed by atoms with Gasteiger partial charge in [-0.3, -0.25) is 19.1 Å². The van der Waals surface area contributed by atoms with E-state index in [-0.39, 0.29) is 28.1 Å². The van der Waals surface area contributed by atoms with Crippen LogP contribution in [0.2, 0.25) is 0 Å². The summed E-state index contributed by atoms with van der Waals surface area (Å²) in [4.78, 5) is 31.5. The van der Waals surface area contributed by atoms with Crippen molar-refractivity contribution in [1.82, 2.24) is 9.88 Å². The van der Waals surface area contributed by atoms with E-state index in [0.29, 0.717) is 48.1 Å². The molecule has 2 saturated carbocycles. The second-order valence-electron chi connectivity index (χ2n) is 16.7. The first kappa shape index (κ1) is 39.8. The summed E-state index contributed by atoms with van der Waals surface area (Å²) in [5.41, 5.74) is 2.38. The molecule has 0 bridgehead atoms. The molecule has 1 aromatic heterocycles. The Morgan fingerprint density at radius 1 is 1.08 bits per heavy atom. The van der Waals surface area contributed by atoms with Gasteiger partial charge in [-0.15, -0.1) is 0 Å². The Morgan fingerprint density at radius 2 is 1.80 bits per heavy atom. The summed E-state index contributed by atoms with van der Waals surface area (Å²) in [5, 5.41) is 0. The van der Waals surface area contributed by atoms with Gasteiger partial charge in [0.1, 0.15) is 27.2 Å². The Hall–Kier alpha value is -2.42. The molecular formula is C40H53B2F3N2O3S. The molecule has 4 radical (unpaired) electrons. The van der Waals surface area contributed by atoms with Gasteiger partial charge in [0.05, 0.1) is 24.3 Å². The van der Waals surface area contributed by atoms with Gasteiger partial charge in [0.15, 0.2) is 0 Å². The SMILES string of the molecule is Cc1cc2c(cc1OC(=O)N1Cc3cccnc3C1)CCC1C2CCC2(C)C(=O)CCC12.[B]C([B])(F)C(F)(F)CCCSC(C)(C)C(C)(C)CC. The fourth-order valence-electron chi connectivity index (χ4n) is 8.52. The molecule has 1 aromatic carbocycles. The molecule has 2 heterocycles. The number of halogens is 3. The monoisotopic (exact) mass is 720 g/mol. The molecule has 1 amide bonds. The predicted molar refractivity (Wildman–Crippen MR) is 200 cm³/mol. The van der Waals surface area contributed by atoms with Gasteiger partial charge in [0.2, 0.25) is 0 Å². The fourth-order valence-corrected chi connectivity index (χ4v) is 9.85. The minimum atomic E-state index is -3.68. The Balaban J connectivity index is 0.000000230. The second-order valence-corrected chi connectivity index (χ2v) is 18.4. The van der Waals surface area contributed by atoms with E-state index in [1.54, 1.807) is 22.9 Å². The first-order valence-corrected chi connectivity index (χ1v) is 19.5. The van der Waals surface area contributed by atoms with E-state index < -0.39 is 17.8 Å². The number of alkyl halides is 3. The van der Waals surface area contributed by atoms with Crippen molar-refractivity contribution in [1.29, 1.82) is 0 Å². The molecule has 0 saturated heterocycles. The predicted octanol–water partition coefficient (Wildman–Crippen LogP) is 9.64. The summed E-state index contributed by atoms with van der Waals surface area (Å²) in [7, 11) is 9.25. The number of aryl methyl sites for hydroxylation is 2. The Morgan fingerprint density at radius 3 is 2.47 bits per heavy atom. The molecule has 4 unspecified atom stereocenters. The number of ether oxygens (including phenoxy) is 1. The van der Waals surface area contributed by atoms with Crippen molar-refractivity contribution in [3.8, 4) is 5.75 Å². The lowest BCUT2D eigenvalue weighted by atomic mass is 9.55. The molecule has 6 rings (SSSR count). The van der Waals surface area contributed by atoms with Crippen LogP contribution in [0.5, 0.6) is 5.75 Å². The standard InChI is InChI=1S/C27H30N2O3.C13H23B2F3S/c1-16-12-21-17(5-6-20-19(21)9-10-27(2)22(20)7-8-25(27)30)13-24(16)32-26(31)29-14-18-4-3-11-28-23(18)15-29;1-6-10(2,3)11(4,5)19-9-7-8-12(16,17)13(14,15)18/h3-4,11-13,19-20,22H,5-10,14-15H2,1-2H3;6-9H2,1-5H3. The highest BCUT2D eigenvalue weighted by molar-refractivity contribution is 8.00. The van der Waals surface area contributed by atoms with E-state index in [9.17, 15) is 22.8 Å². The van der Waals surface area contributed by atoms with Crippen LogP contribution in [0, 0.1) is 29.6 Å². The molecule has 2 aromatic rings. The van der Waals surface area contributed by atoms with Crippen molar-refractivity contribution in [2.75, 3.05) is 5.75 Å². The number of hydrogen-bond donors (Lipinski definition) is 0. The topological polar surface area (TPSA) is 59.5 Å². The highest BCUT2D eigenvalue weighted by Gasteiger charge is 2.54. The minimum Gasteiger partial charge on any atom is -0.410 e. The van der Waals surface area contributed by atoms with Crippen molar-refractivity contribution in [3.05, 3.63) is 58.4 Å². The van der Waals surface area contributed by atoms with Gasteiger partial charge >= 0.3 is 6.09 Å². The number of thioether (sulfide) groups is 1. The van der Waals surface area contributed by atoms with Gasteiger partial charge in [0.25, 0.3) is 5.92 Å². The maximum atomic E-state index is 13.2. The van der Waals surface area contributed by atoms with Crippen molar-refractivity contribution >= 4 is 39.3 Å². The summed E-state index contributed by atoms with van der Waals surface area (Å²) >= 11 is 1.62. The van der Waals surface area contributed by atoms with Crippen LogP contribution >= 0.6 is 11.8 Å². The molecular weight excluding hydrogens is 667 g/mol. The Bertz CT molecular complexity index is 1590. The fraction of sp³-hybridized carbons (Fsp3) is 0.675. The van der Waals surface area contributed by atoms with Crippen LogP contribution < -0.4 is 4.74 Å². The largest absolute Gasteiger partial charge is 0.415 e. The number of aromatic nitrogens is 1. The third-order valence-electron chi connectivity index (χ3n) is 13.0. The molecule has 1 aliphatic heterocycles. The van der Waals surface area contributed by atoms with Crippen molar-refractivity contribution in [3.63, 3.8) is 0 Å².